The first-order valence-corrected chi connectivity index (χ1v) is 8.02. The summed E-state index contributed by atoms with van der Waals surface area (Å²) >= 11 is 0. The topological polar surface area (TPSA) is 90.6 Å². The van der Waals surface area contributed by atoms with Crippen LogP contribution in [0.15, 0.2) is 101 Å². The van der Waals surface area contributed by atoms with E-state index in [0.717, 1.165) is 22.3 Å². The van der Waals surface area contributed by atoms with Crippen LogP contribution in [0, 0.1) is 0 Å². The van der Waals surface area contributed by atoms with Crippen LogP contribution >= 0.6 is 0 Å². The minimum absolute atomic E-state index is 0.431. The van der Waals surface area contributed by atoms with Gasteiger partial charge in [-0.2, -0.15) is 0 Å². The maximum Gasteiger partial charge on any atom is 0.335 e. The highest BCUT2D eigenvalue weighted by atomic mass is 16.4. The van der Waals surface area contributed by atoms with Gasteiger partial charge in [-0.1, -0.05) is 12.1 Å². The molecule has 1 aromatic carbocycles. The summed E-state index contributed by atoms with van der Waals surface area (Å²) in [5.74, 6) is 0. The highest BCUT2D eigenvalue weighted by molar-refractivity contribution is 5.86. The first-order valence-electron chi connectivity index (χ1n) is 8.02. The standard InChI is InChI=1S/C21H12O6/c22-19-6-2-14(10-25-19)13-1-5-17(15-3-7-20(23)26-11-15)18(9-13)16-4-8-21(24)27-12-16/h1-12H. The Morgan fingerprint density at radius 2 is 0.889 bits per heavy atom. The van der Waals surface area contributed by atoms with Gasteiger partial charge in [0.15, 0.2) is 0 Å². The van der Waals surface area contributed by atoms with Gasteiger partial charge in [0, 0.05) is 34.9 Å². The molecule has 0 fully saturated rings. The molecule has 0 saturated heterocycles. The highest BCUT2D eigenvalue weighted by Gasteiger charge is 2.12. The van der Waals surface area contributed by atoms with Crippen LogP contribution < -0.4 is 16.9 Å². The Labute approximate surface area is 152 Å². The molecule has 4 aromatic rings. The summed E-state index contributed by atoms with van der Waals surface area (Å²) in [6.45, 7) is 0. The number of hydrogen-bond donors (Lipinski definition) is 0. The Kier molecular flexibility index (Phi) is 4.14. The zero-order valence-corrected chi connectivity index (χ0v) is 13.9. The van der Waals surface area contributed by atoms with Crippen LogP contribution in [0.3, 0.4) is 0 Å². The van der Waals surface area contributed by atoms with Crippen molar-refractivity contribution in [3.05, 3.63) is 105 Å². The first-order chi connectivity index (χ1) is 13.1. The molecule has 4 rings (SSSR count). The maximum atomic E-state index is 11.3. The molecule has 0 aliphatic carbocycles. The summed E-state index contributed by atoms with van der Waals surface area (Å²) in [5.41, 5.74) is 3.12. The summed E-state index contributed by atoms with van der Waals surface area (Å²) in [6.07, 6.45) is 4.13. The van der Waals surface area contributed by atoms with Crippen molar-refractivity contribution in [1.82, 2.24) is 0 Å². The molecule has 3 aromatic heterocycles. The second kappa shape index (κ2) is 6.76. The fourth-order valence-corrected chi connectivity index (χ4v) is 2.76. The zero-order chi connectivity index (χ0) is 18.8. The van der Waals surface area contributed by atoms with E-state index in [-0.39, 0.29) is 0 Å². The predicted octanol–water partition coefficient (Wildman–Crippen LogP) is 3.55. The summed E-state index contributed by atoms with van der Waals surface area (Å²) in [5, 5.41) is 0. The molecular formula is C21H12O6. The lowest BCUT2D eigenvalue weighted by molar-refractivity contribution is 0.511. The molecule has 132 valence electrons. The van der Waals surface area contributed by atoms with Crippen LogP contribution in [0.5, 0.6) is 0 Å². The third-order valence-corrected chi connectivity index (χ3v) is 4.08. The summed E-state index contributed by atoms with van der Waals surface area (Å²) in [7, 11) is 0. The van der Waals surface area contributed by atoms with Gasteiger partial charge in [0.05, 0.1) is 0 Å². The Balaban J connectivity index is 1.93. The minimum Gasteiger partial charge on any atom is -0.431 e. The van der Waals surface area contributed by atoms with E-state index in [0.29, 0.717) is 11.1 Å². The van der Waals surface area contributed by atoms with Crippen molar-refractivity contribution in [1.29, 1.82) is 0 Å². The Morgan fingerprint density at radius 3 is 1.37 bits per heavy atom. The molecule has 6 heteroatoms. The van der Waals surface area contributed by atoms with E-state index in [1.54, 1.807) is 18.2 Å². The van der Waals surface area contributed by atoms with Crippen LogP contribution in [0.1, 0.15) is 0 Å². The van der Waals surface area contributed by atoms with Crippen molar-refractivity contribution < 1.29 is 13.3 Å². The molecule has 3 heterocycles. The van der Waals surface area contributed by atoms with Gasteiger partial charge in [-0.3, -0.25) is 0 Å². The molecule has 0 saturated carbocycles. The lowest BCUT2D eigenvalue weighted by atomic mass is 9.93. The minimum atomic E-state index is -0.452. The highest BCUT2D eigenvalue weighted by Crippen LogP contribution is 2.35. The third-order valence-electron chi connectivity index (χ3n) is 4.08. The molecule has 0 aliphatic rings. The van der Waals surface area contributed by atoms with Gasteiger partial charge in [0.1, 0.15) is 18.8 Å². The largest absolute Gasteiger partial charge is 0.431 e. The van der Waals surface area contributed by atoms with Gasteiger partial charge in [0.2, 0.25) is 0 Å². The van der Waals surface area contributed by atoms with E-state index in [2.05, 4.69) is 0 Å². The van der Waals surface area contributed by atoms with E-state index in [1.807, 2.05) is 18.2 Å². The van der Waals surface area contributed by atoms with Gasteiger partial charge < -0.3 is 13.3 Å². The zero-order valence-electron chi connectivity index (χ0n) is 13.9. The average Bonchev–Trinajstić information content (AvgIpc) is 2.69. The quantitative estimate of drug-likeness (QED) is 0.555. The molecule has 0 atom stereocenters. The Morgan fingerprint density at radius 1 is 0.444 bits per heavy atom. The van der Waals surface area contributed by atoms with E-state index in [4.69, 9.17) is 13.3 Å². The smallest absolute Gasteiger partial charge is 0.335 e. The van der Waals surface area contributed by atoms with Crippen molar-refractivity contribution >= 4 is 0 Å². The molecule has 0 bridgehead atoms. The Hall–Kier alpha value is -3.93. The average molecular weight is 360 g/mol. The second-order valence-corrected chi connectivity index (χ2v) is 5.79. The normalized spacial score (nSPS) is 10.7. The molecule has 0 spiro atoms. The van der Waals surface area contributed by atoms with Crippen LogP contribution in [0.25, 0.3) is 33.4 Å². The maximum absolute atomic E-state index is 11.3. The molecule has 0 aliphatic heterocycles. The third kappa shape index (κ3) is 3.41. The van der Waals surface area contributed by atoms with Crippen molar-refractivity contribution in [2.24, 2.45) is 0 Å². The fourth-order valence-electron chi connectivity index (χ4n) is 2.76. The number of rotatable bonds is 3. The summed E-state index contributed by atoms with van der Waals surface area (Å²) < 4.78 is 14.9. The molecule has 0 unspecified atom stereocenters. The number of hydrogen-bond acceptors (Lipinski definition) is 6. The van der Waals surface area contributed by atoms with E-state index in [1.165, 1.54) is 37.0 Å². The van der Waals surface area contributed by atoms with Gasteiger partial charge in [0.25, 0.3) is 0 Å². The van der Waals surface area contributed by atoms with Crippen molar-refractivity contribution in [2.45, 2.75) is 0 Å². The van der Waals surface area contributed by atoms with Crippen molar-refractivity contribution in [3.63, 3.8) is 0 Å². The van der Waals surface area contributed by atoms with Gasteiger partial charge >= 0.3 is 16.9 Å². The second-order valence-electron chi connectivity index (χ2n) is 5.79. The first kappa shape index (κ1) is 16.5. The van der Waals surface area contributed by atoms with Gasteiger partial charge in [-0.25, -0.2) is 14.4 Å². The van der Waals surface area contributed by atoms with Crippen LogP contribution in [0.4, 0.5) is 0 Å². The van der Waals surface area contributed by atoms with Crippen molar-refractivity contribution in [3.8, 4) is 33.4 Å². The van der Waals surface area contributed by atoms with Crippen molar-refractivity contribution in [2.75, 3.05) is 0 Å². The lowest BCUT2D eigenvalue weighted by Gasteiger charge is -2.11. The number of benzene rings is 1. The molecular weight excluding hydrogens is 348 g/mol. The predicted molar refractivity (Wildman–Crippen MR) is 98.4 cm³/mol. The molecule has 27 heavy (non-hydrogen) atoms. The van der Waals surface area contributed by atoms with Gasteiger partial charge in [-0.05, 0) is 41.0 Å². The van der Waals surface area contributed by atoms with E-state index >= 15 is 0 Å². The lowest BCUT2D eigenvalue weighted by Crippen LogP contribution is -1.97. The van der Waals surface area contributed by atoms with Crippen LogP contribution in [0.2, 0.25) is 0 Å². The van der Waals surface area contributed by atoms with Crippen LogP contribution in [-0.2, 0) is 0 Å². The molecule has 0 radical (unpaired) electrons. The summed E-state index contributed by atoms with van der Waals surface area (Å²) in [6, 6.07) is 14.6. The summed E-state index contributed by atoms with van der Waals surface area (Å²) in [4.78, 5) is 33.8. The molecule has 0 amide bonds. The fraction of sp³-hybridized carbons (Fsp3) is 0. The van der Waals surface area contributed by atoms with Crippen LogP contribution in [-0.4, -0.2) is 0 Å². The van der Waals surface area contributed by atoms with E-state index in [9.17, 15) is 14.4 Å². The monoisotopic (exact) mass is 360 g/mol. The van der Waals surface area contributed by atoms with E-state index < -0.39 is 16.9 Å². The molecule has 0 N–H and O–H groups in total. The van der Waals surface area contributed by atoms with Gasteiger partial charge in [-0.15, -0.1) is 0 Å². The SMILES string of the molecule is O=c1ccc(-c2ccc(-c3ccc(=O)oc3)c(-c3ccc(=O)oc3)c2)co1. The molecule has 6 nitrogen and oxygen atoms in total. The Bertz CT molecular complexity index is 1230.